The first-order chi connectivity index (χ1) is 10.6. The summed E-state index contributed by atoms with van der Waals surface area (Å²) in [7, 11) is 0. The van der Waals surface area contributed by atoms with Gasteiger partial charge in [-0.15, -0.1) is 0 Å². The van der Waals surface area contributed by atoms with Gasteiger partial charge < -0.3 is 9.42 Å². The number of halogens is 1. The Labute approximate surface area is 133 Å². The van der Waals surface area contributed by atoms with Crippen molar-refractivity contribution >= 4 is 17.4 Å². The fourth-order valence-electron chi connectivity index (χ4n) is 2.61. The maximum atomic E-state index is 8.91. The number of nitriles is 1. The summed E-state index contributed by atoms with van der Waals surface area (Å²) in [6, 6.07) is 3.68. The van der Waals surface area contributed by atoms with Crippen LogP contribution in [-0.2, 0) is 0 Å². The minimum absolute atomic E-state index is 0.00851. The Bertz CT molecular complexity index is 721. The monoisotopic (exact) mass is 317 g/mol. The van der Waals surface area contributed by atoms with Gasteiger partial charge in [0.25, 0.3) is 0 Å². The molecular formula is C15H16ClN5O. The van der Waals surface area contributed by atoms with Crippen molar-refractivity contribution in [2.24, 2.45) is 0 Å². The molecule has 1 fully saturated rings. The molecule has 0 bridgehead atoms. The summed E-state index contributed by atoms with van der Waals surface area (Å²) >= 11 is 6.28. The summed E-state index contributed by atoms with van der Waals surface area (Å²) in [5.74, 6) is 2.18. The molecule has 3 rings (SSSR count). The van der Waals surface area contributed by atoms with Crippen LogP contribution in [-0.4, -0.2) is 21.7 Å². The van der Waals surface area contributed by atoms with Crippen LogP contribution in [0.15, 0.2) is 16.8 Å². The molecule has 2 aromatic rings. The number of anilines is 1. The predicted molar refractivity (Wildman–Crippen MR) is 81.7 cm³/mol. The first-order valence-electron chi connectivity index (χ1n) is 7.26. The first-order valence-corrected chi connectivity index (χ1v) is 7.63. The molecule has 2 aromatic heterocycles. The molecule has 0 N–H and O–H groups in total. The van der Waals surface area contributed by atoms with E-state index in [0.717, 1.165) is 19.4 Å². The summed E-state index contributed by atoms with van der Waals surface area (Å²) < 4.78 is 5.31. The second-order valence-electron chi connectivity index (χ2n) is 5.64. The zero-order valence-electron chi connectivity index (χ0n) is 12.5. The predicted octanol–water partition coefficient (Wildman–Crippen LogP) is 3.45. The Morgan fingerprint density at radius 1 is 1.50 bits per heavy atom. The van der Waals surface area contributed by atoms with Crippen molar-refractivity contribution in [1.29, 1.82) is 5.26 Å². The van der Waals surface area contributed by atoms with Gasteiger partial charge >= 0.3 is 0 Å². The highest BCUT2D eigenvalue weighted by Crippen LogP contribution is 2.37. The maximum absolute atomic E-state index is 8.91. The Morgan fingerprint density at radius 2 is 2.32 bits per heavy atom. The summed E-state index contributed by atoms with van der Waals surface area (Å²) in [5.41, 5.74) is 0.450. The van der Waals surface area contributed by atoms with Gasteiger partial charge in [0.1, 0.15) is 11.9 Å². The molecule has 0 saturated carbocycles. The molecule has 1 unspecified atom stereocenters. The highest BCUT2D eigenvalue weighted by atomic mass is 35.5. The molecule has 0 aromatic carbocycles. The molecule has 0 radical (unpaired) electrons. The van der Waals surface area contributed by atoms with Gasteiger partial charge in [0.05, 0.1) is 16.6 Å². The molecule has 22 heavy (non-hydrogen) atoms. The topological polar surface area (TPSA) is 78.8 Å². The summed E-state index contributed by atoms with van der Waals surface area (Å²) in [5, 5.41) is 13.5. The molecule has 7 heteroatoms. The van der Waals surface area contributed by atoms with Crippen LogP contribution >= 0.6 is 11.6 Å². The minimum Gasteiger partial charge on any atom is -0.345 e. The number of aromatic nitrogens is 3. The van der Waals surface area contributed by atoms with Gasteiger partial charge in [0, 0.05) is 18.7 Å². The smallest absolute Gasteiger partial charge is 0.229 e. The van der Waals surface area contributed by atoms with Crippen molar-refractivity contribution in [2.45, 2.75) is 38.6 Å². The standard InChI is InChI=1S/C15H16ClN5O/c1-9(2)15-19-13(20-22-15)12-4-3-5-21(12)14-11(16)6-10(7-17)8-18-14/h6,8-9,12H,3-5H2,1-2H3. The van der Waals surface area contributed by atoms with Gasteiger partial charge in [-0.05, 0) is 18.9 Å². The van der Waals surface area contributed by atoms with Crippen LogP contribution < -0.4 is 4.90 Å². The van der Waals surface area contributed by atoms with Crippen molar-refractivity contribution in [2.75, 3.05) is 11.4 Å². The Kier molecular flexibility index (Phi) is 3.99. The van der Waals surface area contributed by atoms with Gasteiger partial charge in [0.2, 0.25) is 5.89 Å². The molecule has 0 spiro atoms. The number of hydrogen-bond donors (Lipinski definition) is 0. The number of hydrogen-bond acceptors (Lipinski definition) is 6. The van der Waals surface area contributed by atoms with E-state index in [1.54, 1.807) is 6.07 Å². The van der Waals surface area contributed by atoms with Crippen LogP contribution in [0.2, 0.25) is 5.02 Å². The normalized spacial score (nSPS) is 18.0. The zero-order chi connectivity index (χ0) is 15.7. The van der Waals surface area contributed by atoms with Crippen LogP contribution in [0.25, 0.3) is 0 Å². The fraction of sp³-hybridized carbons (Fsp3) is 0.467. The second kappa shape index (κ2) is 5.93. The fourth-order valence-corrected chi connectivity index (χ4v) is 2.88. The largest absolute Gasteiger partial charge is 0.345 e. The number of rotatable bonds is 3. The van der Waals surface area contributed by atoms with E-state index in [-0.39, 0.29) is 12.0 Å². The molecule has 0 amide bonds. The highest BCUT2D eigenvalue weighted by molar-refractivity contribution is 6.33. The van der Waals surface area contributed by atoms with Crippen molar-refractivity contribution < 1.29 is 4.52 Å². The molecule has 1 aliphatic rings. The van der Waals surface area contributed by atoms with Gasteiger partial charge in [-0.2, -0.15) is 10.2 Å². The number of nitrogens with zero attached hydrogens (tertiary/aromatic N) is 5. The van der Waals surface area contributed by atoms with E-state index >= 15 is 0 Å². The third kappa shape index (κ3) is 2.64. The molecule has 1 aliphatic heterocycles. The molecule has 0 aliphatic carbocycles. The Hall–Kier alpha value is -2.13. The average molecular weight is 318 g/mol. The molecular weight excluding hydrogens is 302 g/mol. The SMILES string of the molecule is CC(C)c1nc(C2CCCN2c2ncc(C#N)cc2Cl)no1. The van der Waals surface area contributed by atoms with E-state index in [9.17, 15) is 0 Å². The van der Waals surface area contributed by atoms with Gasteiger partial charge in [-0.25, -0.2) is 4.98 Å². The Balaban J connectivity index is 1.91. The second-order valence-corrected chi connectivity index (χ2v) is 6.05. The minimum atomic E-state index is 0.00851. The number of pyridine rings is 1. The lowest BCUT2D eigenvalue weighted by Gasteiger charge is -2.24. The van der Waals surface area contributed by atoms with Crippen LogP contribution in [0.1, 0.15) is 55.9 Å². The van der Waals surface area contributed by atoms with Crippen LogP contribution in [0, 0.1) is 11.3 Å². The van der Waals surface area contributed by atoms with E-state index in [1.165, 1.54) is 6.20 Å². The van der Waals surface area contributed by atoms with Crippen molar-refractivity contribution in [3.63, 3.8) is 0 Å². The van der Waals surface area contributed by atoms with E-state index in [0.29, 0.717) is 28.1 Å². The van der Waals surface area contributed by atoms with Gasteiger partial charge in [0.15, 0.2) is 5.82 Å². The highest BCUT2D eigenvalue weighted by Gasteiger charge is 2.32. The van der Waals surface area contributed by atoms with E-state index in [4.69, 9.17) is 21.4 Å². The van der Waals surface area contributed by atoms with Crippen LogP contribution in [0.5, 0.6) is 0 Å². The quantitative estimate of drug-likeness (QED) is 0.862. The van der Waals surface area contributed by atoms with Crippen LogP contribution in [0.4, 0.5) is 5.82 Å². The summed E-state index contributed by atoms with van der Waals surface area (Å²) in [4.78, 5) is 10.9. The third-order valence-electron chi connectivity index (χ3n) is 3.73. The lowest BCUT2D eigenvalue weighted by molar-refractivity contribution is 0.358. The first kappa shape index (κ1) is 14.8. The van der Waals surface area contributed by atoms with Gasteiger partial charge in [-0.1, -0.05) is 30.6 Å². The average Bonchev–Trinajstić information content (AvgIpc) is 3.15. The molecule has 1 saturated heterocycles. The van der Waals surface area contributed by atoms with Crippen molar-refractivity contribution in [1.82, 2.24) is 15.1 Å². The van der Waals surface area contributed by atoms with Crippen molar-refractivity contribution in [3.8, 4) is 6.07 Å². The molecule has 6 nitrogen and oxygen atoms in total. The Morgan fingerprint density at radius 3 is 2.95 bits per heavy atom. The lowest BCUT2D eigenvalue weighted by atomic mass is 10.2. The van der Waals surface area contributed by atoms with E-state index in [1.807, 2.05) is 19.9 Å². The van der Waals surface area contributed by atoms with E-state index < -0.39 is 0 Å². The molecule has 114 valence electrons. The maximum Gasteiger partial charge on any atom is 0.229 e. The van der Waals surface area contributed by atoms with Gasteiger partial charge in [-0.3, -0.25) is 0 Å². The molecule has 3 heterocycles. The molecule has 1 atom stereocenters. The van der Waals surface area contributed by atoms with E-state index in [2.05, 4.69) is 20.0 Å². The zero-order valence-corrected chi connectivity index (χ0v) is 13.2. The lowest BCUT2D eigenvalue weighted by Crippen LogP contribution is -2.24. The third-order valence-corrected chi connectivity index (χ3v) is 4.00. The summed E-state index contributed by atoms with van der Waals surface area (Å²) in [6.07, 6.45) is 3.47. The van der Waals surface area contributed by atoms with Crippen molar-refractivity contribution in [3.05, 3.63) is 34.6 Å². The summed E-state index contributed by atoms with van der Waals surface area (Å²) in [6.45, 7) is 4.86. The van der Waals surface area contributed by atoms with Crippen LogP contribution in [0.3, 0.4) is 0 Å².